The van der Waals surface area contributed by atoms with E-state index < -0.39 is 0 Å². The Bertz CT molecular complexity index is 610. The van der Waals surface area contributed by atoms with Gasteiger partial charge in [-0.2, -0.15) is 0 Å². The molecule has 2 aromatic rings. The highest BCUT2D eigenvalue weighted by molar-refractivity contribution is 5.58. The summed E-state index contributed by atoms with van der Waals surface area (Å²) in [7, 11) is 3.34. The van der Waals surface area contributed by atoms with E-state index in [0.717, 1.165) is 24.5 Å². The quantitative estimate of drug-likeness (QED) is 0.922. The van der Waals surface area contributed by atoms with Gasteiger partial charge in [0.25, 0.3) is 0 Å². The summed E-state index contributed by atoms with van der Waals surface area (Å²) in [6.45, 7) is 0.996. The molecular formula is C17H19NO2. The zero-order chi connectivity index (χ0) is 13.9. The SMILES string of the molecule is COc1ccc(C2CCNc3ccccc32)cc1OC. The molecule has 0 fully saturated rings. The molecule has 3 heteroatoms. The molecule has 0 saturated carbocycles. The van der Waals surface area contributed by atoms with Crippen molar-refractivity contribution in [3.8, 4) is 11.5 Å². The van der Waals surface area contributed by atoms with Crippen molar-refractivity contribution in [1.29, 1.82) is 0 Å². The molecule has 1 aliphatic rings. The van der Waals surface area contributed by atoms with Crippen molar-refractivity contribution in [2.45, 2.75) is 12.3 Å². The van der Waals surface area contributed by atoms with Gasteiger partial charge in [-0.25, -0.2) is 0 Å². The van der Waals surface area contributed by atoms with Crippen LogP contribution in [0, 0.1) is 0 Å². The van der Waals surface area contributed by atoms with Crippen LogP contribution in [0.3, 0.4) is 0 Å². The molecule has 1 unspecified atom stereocenters. The third kappa shape index (κ3) is 2.20. The van der Waals surface area contributed by atoms with Gasteiger partial charge in [-0.15, -0.1) is 0 Å². The zero-order valence-electron chi connectivity index (χ0n) is 11.8. The van der Waals surface area contributed by atoms with Crippen LogP contribution < -0.4 is 14.8 Å². The van der Waals surface area contributed by atoms with Crippen LogP contribution in [-0.2, 0) is 0 Å². The predicted octanol–water partition coefficient (Wildman–Crippen LogP) is 3.65. The maximum atomic E-state index is 5.42. The van der Waals surface area contributed by atoms with Gasteiger partial charge in [0.15, 0.2) is 11.5 Å². The summed E-state index contributed by atoms with van der Waals surface area (Å²) in [6.07, 6.45) is 1.09. The first kappa shape index (κ1) is 12.9. The molecule has 3 rings (SSSR count). The first-order valence-electron chi connectivity index (χ1n) is 6.88. The van der Waals surface area contributed by atoms with Crippen molar-refractivity contribution in [3.63, 3.8) is 0 Å². The normalized spacial score (nSPS) is 17.0. The first-order valence-corrected chi connectivity index (χ1v) is 6.88. The van der Waals surface area contributed by atoms with E-state index in [1.54, 1.807) is 14.2 Å². The van der Waals surface area contributed by atoms with Crippen molar-refractivity contribution in [2.24, 2.45) is 0 Å². The van der Waals surface area contributed by atoms with Crippen LogP contribution in [0.1, 0.15) is 23.5 Å². The van der Waals surface area contributed by atoms with E-state index in [0.29, 0.717) is 5.92 Å². The molecule has 0 aliphatic carbocycles. The van der Waals surface area contributed by atoms with Gasteiger partial charge in [-0.05, 0) is 35.7 Å². The number of anilines is 1. The fourth-order valence-corrected chi connectivity index (χ4v) is 2.88. The van der Waals surface area contributed by atoms with E-state index in [4.69, 9.17) is 9.47 Å². The number of benzene rings is 2. The van der Waals surface area contributed by atoms with Crippen molar-refractivity contribution in [1.82, 2.24) is 0 Å². The van der Waals surface area contributed by atoms with Gasteiger partial charge >= 0.3 is 0 Å². The lowest BCUT2D eigenvalue weighted by atomic mass is 9.85. The summed E-state index contributed by atoms with van der Waals surface area (Å²) in [4.78, 5) is 0. The van der Waals surface area contributed by atoms with Gasteiger partial charge in [0, 0.05) is 18.2 Å². The van der Waals surface area contributed by atoms with E-state index in [2.05, 4.69) is 41.7 Å². The molecule has 0 saturated heterocycles. The smallest absolute Gasteiger partial charge is 0.161 e. The molecule has 0 radical (unpaired) electrons. The third-order valence-corrected chi connectivity index (χ3v) is 3.89. The van der Waals surface area contributed by atoms with Gasteiger partial charge in [0.1, 0.15) is 0 Å². The molecule has 1 heterocycles. The summed E-state index contributed by atoms with van der Waals surface area (Å²) >= 11 is 0. The first-order chi connectivity index (χ1) is 9.83. The molecule has 0 spiro atoms. The standard InChI is InChI=1S/C17H19NO2/c1-19-16-8-7-12(11-17(16)20-2)13-9-10-18-15-6-4-3-5-14(13)15/h3-8,11,13,18H,9-10H2,1-2H3. The fourth-order valence-electron chi connectivity index (χ4n) is 2.88. The molecule has 1 N–H and O–H groups in total. The van der Waals surface area contributed by atoms with Gasteiger partial charge < -0.3 is 14.8 Å². The van der Waals surface area contributed by atoms with E-state index in [-0.39, 0.29) is 0 Å². The Kier molecular flexibility index (Phi) is 3.50. The second kappa shape index (κ2) is 5.45. The van der Waals surface area contributed by atoms with Crippen LogP contribution >= 0.6 is 0 Å². The van der Waals surface area contributed by atoms with Crippen LogP contribution in [-0.4, -0.2) is 20.8 Å². The maximum absolute atomic E-state index is 5.42. The highest BCUT2D eigenvalue weighted by Crippen LogP contribution is 2.39. The minimum Gasteiger partial charge on any atom is -0.493 e. The van der Waals surface area contributed by atoms with E-state index in [1.165, 1.54) is 16.8 Å². The Hall–Kier alpha value is -2.16. The number of nitrogens with one attached hydrogen (secondary N) is 1. The predicted molar refractivity (Wildman–Crippen MR) is 80.9 cm³/mol. The van der Waals surface area contributed by atoms with Crippen LogP contribution in [0.4, 0.5) is 5.69 Å². The average Bonchev–Trinajstić information content (AvgIpc) is 2.53. The lowest BCUT2D eigenvalue weighted by Gasteiger charge is -2.27. The summed E-state index contributed by atoms with van der Waals surface area (Å²) in [6, 6.07) is 14.7. The number of rotatable bonds is 3. The van der Waals surface area contributed by atoms with Crippen LogP contribution in [0.25, 0.3) is 0 Å². The number of ether oxygens (including phenoxy) is 2. The van der Waals surface area contributed by atoms with E-state index in [1.807, 2.05) is 6.07 Å². The van der Waals surface area contributed by atoms with Gasteiger partial charge in [0.2, 0.25) is 0 Å². The topological polar surface area (TPSA) is 30.5 Å². The molecule has 104 valence electrons. The van der Waals surface area contributed by atoms with Crippen molar-refractivity contribution >= 4 is 5.69 Å². The van der Waals surface area contributed by atoms with E-state index >= 15 is 0 Å². The minimum atomic E-state index is 0.409. The Morgan fingerprint density at radius 3 is 2.60 bits per heavy atom. The van der Waals surface area contributed by atoms with Crippen molar-refractivity contribution in [2.75, 3.05) is 26.1 Å². The molecule has 2 aromatic carbocycles. The molecule has 1 aliphatic heterocycles. The summed E-state index contributed by atoms with van der Waals surface area (Å²) in [5.41, 5.74) is 3.86. The molecular weight excluding hydrogens is 250 g/mol. The molecule has 3 nitrogen and oxygen atoms in total. The Morgan fingerprint density at radius 1 is 1.00 bits per heavy atom. The molecule has 20 heavy (non-hydrogen) atoms. The average molecular weight is 269 g/mol. The summed E-state index contributed by atoms with van der Waals surface area (Å²) in [5.74, 6) is 1.98. The van der Waals surface area contributed by atoms with Gasteiger partial charge in [-0.1, -0.05) is 24.3 Å². The largest absolute Gasteiger partial charge is 0.493 e. The molecule has 0 amide bonds. The zero-order valence-corrected chi connectivity index (χ0v) is 11.8. The molecule has 0 bridgehead atoms. The second-order valence-corrected chi connectivity index (χ2v) is 4.97. The van der Waals surface area contributed by atoms with E-state index in [9.17, 15) is 0 Å². The van der Waals surface area contributed by atoms with Crippen molar-refractivity contribution < 1.29 is 9.47 Å². The molecule has 0 aromatic heterocycles. The highest BCUT2D eigenvalue weighted by Gasteiger charge is 2.22. The lowest BCUT2D eigenvalue weighted by Crippen LogP contribution is -2.17. The van der Waals surface area contributed by atoms with Crippen LogP contribution in [0.5, 0.6) is 11.5 Å². The van der Waals surface area contributed by atoms with Gasteiger partial charge in [0.05, 0.1) is 14.2 Å². The number of hydrogen-bond donors (Lipinski definition) is 1. The molecule has 1 atom stereocenters. The van der Waals surface area contributed by atoms with Crippen LogP contribution in [0.2, 0.25) is 0 Å². The number of fused-ring (bicyclic) bond motifs is 1. The summed E-state index contributed by atoms with van der Waals surface area (Å²) < 4.78 is 10.7. The number of methoxy groups -OCH3 is 2. The third-order valence-electron chi connectivity index (χ3n) is 3.89. The Balaban J connectivity index is 2.02. The monoisotopic (exact) mass is 269 g/mol. The Labute approximate surface area is 119 Å². The second-order valence-electron chi connectivity index (χ2n) is 4.97. The lowest BCUT2D eigenvalue weighted by molar-refractivity contribution is 0.354. The fraction of sp³-hybridized carbons (Fsp3) is 0.294. The van der Waals surface area contributed by atoms with Gasteiger partial charge in [-0.3, -0.25) is 0 Å². The Morgan fingerprint density at radius 2 is 1.80 bits per heavy atom. The maximum Gasteiger partial charge on any atom is 0.161 e. The van der Waals surface area contributed by atoms with Crippen molar-refractivity contribution in [3.05, 3.63) is 53.6 Å². The summed E-state index contributed by atoms with van der Waals surface area (Å²) in [5, 5.41) is 3.46. The number of para-hydroxylation sites is 1. The minimum absolute atomic E-state index is 0.409. The number of hydrogen-bond acceptors (Lipinski definition) is 3. The van der Waals surface area contributed by atoms with Crippen LogP contribution in [0.15, 0.2) is 42.5 Å². The highest BCUT2D eigenvalue weighted by atomic mass is 16.5.